The summed E-state index contributed by atoms with van der Waals surface area (Å²) in [5, 5.41) is 13.3. The standard InChI is InChI=1S/C18H29N5O3/c1-20-6-3-7-21(11-10-20)13-17(24)22-8-2-4-15(12-22)16-5-9-23(19-16)14-18(25)26/h5,9,15H,2-4,6-8,10-14H2,1H3,(H,25,26). The molecule has 0 spiro atoms. The Balaban J connectivity index is 1.54. The zero-order valence-corrected chi connectivity index (χ0v) is 15.5. The Morgan fingerprint density at radius 3 is 2.81 bits per heavy atom. The van der Waals surface area contributed by atoms with Gasteiger partial charge in [0, 0.05) is 38.3 Å². The van der Waals surface area contributed by atoms with Gasteiger partial charge in [-0.15, -0.1) is 0 Å². The average molecular weight is 363 g/mol. The molecule has 8 nitrogen and oxygen atoms in total. The van der Waals surface area contributed by atoms with Crippen LogP contribution in [0.1, 0.15) is 30.9 Å². The molecule has 26 heavy (non-hydrogen) atoms. The fourth-order valence-corrected chi connectivity index (χ4v) is 3.82. The number of hydrogen-bond acceptors (Lipinski definition) is 5. The molecule has 1 N–H and O–H groups in total. The van der Waals surface area contributed by atoms with Gasteiger partial charge >= 0.3 is 5.97 Å². The first-order valence-electron chi connectivity index (χ1n) is 9.45. The second kappa shape index (κ2) is 8.64. The second-order valence-electron chi connectivity index (χ2n) is 7.44. The normalized spacial score (nSPS) is 23.0. The monoisotopic (exact) mass is 363 g/mol. The van der Waals surface area contributed by atoms with Crippen molar-refractivity contribution in [3.63, 3.8) is 0 Å². The van der Waals surface area contributed by atoms with Crippen molar-refractivity contribution in [3.05, 3.63) is 18.0 Å². The lowest BCUT2D eigenvalue weighted by Crippen LogP contribution is -2.45. The second-order valence-corrected chi connectivity index (χ2v) is 7.44. The maximum atomic E-state index is 12.8. The fraction of sp³-hybridized carbons (Fsp3) is 0.722. The maximum Gasteiger partial charge on any atom is 0.325 e. The molecule has 1 atom stereocenters. The van der Waals surface area contributed by atoms with Crippen molar-refractivity contribution in [1.29, 1.82) is 0 Å². The highest BCUT2D eigenvalue weighted by molar-refractivity contribution is 5.78. The molecule has 2 aliphatic rings. The highest BCUT2D eigenvalue weighted by Gasteiger charge is 2.27. The molecule has 0 bridgehead atoms. The highest BCUT2D eigenvalue weighted by atomic mass is 16.4. The molecule has 3 heterocycles. The molecule has 8 heteroatoms. The summed E-state index contributed by atoms with van der Waals surface area (Å²) in [5.74, 6) is -0.509. The van der Waals surface area contributed by atoms with Gasteiger partial charge in [0.2, 0.25) is 5.91 Å². The van der Waals surface area contributed by atoms with E-state index in [-0.39, 0.29) is 18.4 Å². The zero-order valence-electron chi connectivity index (χ0n) is 15.5. The minimum absolute atomic E-state index is 0.126. The zero-order chi connectivity index (χ0) is 18.5. The number of nitrogens with zero attached hydrogens (tertiary/aromatic N) is 5. The van der Waals surface area contributed by atoms with E-state index in [4.69, 9.17) is 5.11 Å². The summed E-state index contributed by atoms with van der Waals surface area (Å²) >= 11 is 0. The summed E-state index contributed by atoms with van der Waals surface area (Å²) < 4.78 is 1.45. The molecule has 0 aromatic carbocycles. The SMILES string of the molecule is CN1CCCN(CC(=O)N2CCCC(c3ccn(CC(=O)O)n3)C2)CC1. The van der Waals surface area contributed by atoms with E-state index in [1.807, 2.05) is 11.0 Å². The van der Waals surface area contributed by atoms with E-state index in [1.165, 1.54) is 4.68 Å². The van der Waals surface area contributed by atoms with Crippen molar-refractivity contribution < 1.29 is 14.7 Å². The van der Waals surface area contributed by atoms with Crippen LogP contribution < -0.4 is 0 Å². The van der Waals surface area contributed by atoms with Crippen LogP contribution in [0, 0.1) is 0 Å². The molecule has 0 aliphatic carbocycles. The van der Waals surface area contributed by atoms with Crippen molar-refractivity contribution in [2.75, 3.05) is 52.9 Å². The molecule has 0 radical (unpaired) electrons. The number of piperidine rings is 1. The van der Waals surface area contributed by atoms with E-state index in [1.54, 1.807) is 6.20 Å². The van der Waals surface area contributed by atoms with Gasteiger partial charge in [-0.25, -0.2) is 0 Å². The summed E-state index contributed by atoms with van der Waals surface area (Å²) in [5.41, 5.74) is 0.889. The Morgan fingerprint density at radius 1 is 1.15 bits per heavy atom. The van der Waals surface area contributed by atoms with Crippen LogP contribution in [0.3, 0.4) is 0 Å². The molecule has 2 fully saturated rings. The number of carbonyl (C=O) groups excluding carboxylic acids is 1. The Morgan fingerprint density at radius 2 is 2.00 bits per heavy atom. The van der Waals surface area contributed by atoms with Crippen LogP contribution in [0.2, 0.25) is 0 Å². The Labute approximate surface area is 154 Å². The van der Waals surface area contributed by atoms with Gasteiger partial charge in [-0.3, -0.25) is 19.2 Å². The van der Waals surface area contributed by atoms with Crippen molar-refractivity contribution in [2.24, 2.45) is 0 Å². The molecule has 144 valence electrons. The number of carboxylic acid groups (broad SMARTS) is 1. The van der Waals surface area contributed by atoms with Crippen LogP contribution in [0.25, 0.3) is 0 Å². The van der Waals surface area contributed by atoms with Gasteiger partial charge in [0.25, 0.3) is 0 Å². The lowest BCUT2D eigenvalue weighted by Gasteiger charge is -2.33. The molecule has 1 aromatic heterocycles. The summed E-state index contributed by atoms with van der Waals surface area (Å²) in [6.45, 7) is 5.88. The molecule has 1 aromatic rings. The predicted molar refractivity (Wildman–Crippen MR) is 97.0 cm³/mol. The van der Waals surface area contributed by atoms with Crippen molar-refractivity contribution in [2.45, 2.75) is 31.7 Å². The van der Waals surface area contributed by atoms with E-state index in [0.29, 0.717) is 13.1 Å². The third kappa shape index (κ3) is 5.04. The summed E-state index contributed by atoms with van der Waals surface area (Å²) in [4.78, 5) is 30.1. The van der Waals surface area contributed by atoms with Crippen LogP contribution in [0.5, 0.6) is 0 Å². The van der Waals surface area contributed by atoms with E-state index >= 15 is 0 Å². The number of hydrogen-bond donors (Lipinski definition) is 1. The molecule has 2 aliphatic heterocycles. The third-order valence-electron chi connectivity index (χ3n) is 5.32. The lowest BCUT2D eigenvalue weighted by molar-refractivity contribution is -0.138. The topological polar surface area (TPSA) is 81.9 Å². The summed E-state index contributed by atoms with van der Waals surface area (Å²) in [6, 6.07) is 1.88. The van der Waals surface area contributed by atoms with Crippen LogP contribution in [0.15, 0.2) is 12.3 Å². The van der Waals surface area contributed by atoms with Gasteiger partial charge in [-0.2, -0.15) is 5.10 Å². The minimum Gasteiger partial charge on any atom is -0.480 e. The number of aliphatic carboxylic acids is 1. The smallest absolute Gasteiger partial charge is 0.325 e. The quantitative estimate of drug-likeness (QED) is 0.811. The lowest BCUT2D eigenvalue weighted by atomic mass is 9.95. The van der Waals surface area contributed by atoms with Crippen molar-refractivity contribution in [3.8, 4) is 0 Å². The van der Waals surface area contributed by atoms with E-state index in [9.17, 15) is 9.59 Å². The van der Waals surface area contributed by atoms with Crippen molar-refractivity contribution >= 4 is 11.9 Å². The number of carbonyl (C=O) groups is 2. The number of rotatable bonds is 5. The van der Waals surface area contributed by atoms with Gasteiger partial charge in [-0.1, -0.05) is 0 Å². The number of amides is 1. The number of carboxylic acids is 1. The first-order chi connectivity index (χ1) is 12.5. The number of aromatic nitrogens is 2. The van der Waals surface area contributed by atoms with Crippen LogP contribution in [-0.2, 0) is 16.1 Å². The van der Waals surface area contributed by atoms with E-state index in [2.05, 4.69) is 21.9 Å². The molecule has 1 unspecified atom stereocenters. The van der Waals surface area contributed by atoms with Crippen LogP contribution >= 0.6 is 0 Å². The Kier molecular flexibility index (Phi) is 6.26. The highest BCUT2D eigenvalue weighted by Crippen LogP contribution is 2.25. The molecule has 3 rings (SSSR count). The first kappa shape index (κ1) is 18.8. The van der Waals surface area contributed by atoms with Crippen molar-refractivity contribution in [1.82, 2.24) is 24.5 Å². The predicted octanol–water partition coefficient (Wildman–Crippen LogP) is 0.311. The minimum atomic E-state index is -0.900. The number of likely N-dealkylation sites (N-methyl/N-ethyl adjacent to an activating group) is 1. The summed E-state index contributed by atoms with van der Waals surface area (Å²) in [7, 11) is 2.13. The molecular weight excluding hydrogens is 334 g/mol. The molecule has 0 saturated carbocycles. The first-order valence-corrected chi connectivity index (χ1v) is 9.45. The van der Waals surface area contributed by atoms with Gasteiger partial charge in [0.05, 0.1) is 12.2 Å². The Hall–Kier alpha value is -1.93. The van der Waals surface area contributed by atoms with Gasteiger partial charge in [0.15, 0.2) is 0 Å². The van der Waals surface area contributed by atoms with E-state index < -0.39 is 5.97 Å². The van der Waals surface area contributed by atoms with Gasteiger partial charge in [0.1, 0.15) is 6.54 Å². The average Bonchev–Trinajstić information content (AvgIpc) is 2.97. The maximum absolute atomic E-state index is 12.8. The van der Waals surface area contributed by atoms with Crippen LogP contribution in [-0.4, -0.2) is 94.3 Å². The van der Waals surface area contributed by atoms with Gasteiger partial charge < -0.3 is 14.9 Å². The Bertz CT molecular complexity index is 632. The number of likely N-dealkylation sites (tertiary alicyclic amines) is 1. The largest absolute Gasteiger partial charge is 0.480 e. The molecular formula is C18H29N5O3. The third-order valence-corrected chi connectivity index (χ3v) is 5.32. The fourth-order valence-electron chi connectivity index (χ4n) is 3.82. The van der Waals surface area contributed by atoms with Gasteiger partial charge in [-0.05, 0) is 45.5 Å². The van der Waals surface area contributed by atoms with Crippen LogP contribution in [0.4, 0.5) is 0 Å². The molecule has 1 amide bonds. The summed E-state index contributed by atoms with van der Waals surface area (Å²) in [6.07, 6.45) is 4.76. The van der Waals surface area contributed by atoms with E-state index in [0.717, 1.165) is 57.7 Å². The molecule has 2 saturated heterocycles.